The summed E-state index contributed by atoms with van der Waals surface area (Å²) < 4.78 is 0. The van der Waals surface area contributed by atoms with E-state index in [9.17, 15) is 4.79 Å². The molecule has 0 saturated heterocycles. The van der Waals surface area contributed by atoms with E-state index in [1.54, 1.807) is 7.05 Å². The van der Waals surface area contributed by atoms with Gasteiger partial charge in [-0.05, 0) is 18.2 Å². The molecule has 1 rings (SSSR count). The van der Waals surface area contributed by atoms with Gasteiger partial charge >= 0.3 is 0 Å². The Morgan fingerprint density at radius 1 is 1.39 bits per heavy atom. The lowest BCUT2D eigenvalue weighted by molar-refractivity contribution is -0.124. The highest BCUT2D eigenvalue weighted by Gasteiger charge is 2.14. The molecule has 1 atom stereocenters. The first-order chi connectivity index (χ1) is 8.58. The molecular formula is C14H23N3O. The van der Waals surface area contributed by atoms with Crippen molar-refractivity contribution in [1.82, 2.24) is 10.2 Å². The first kappa shape index (κ1) is 14.7. The summed E-state index contributed by atoms with van der Waals surface area (Å²) in [4.78, 5) is 13.6. The zero-order valence-electron chi connectivity index (χ0n) is 11.4. The van der Waals surface area contributed by atoms with Crippen molar-refractivity contribution in [3.63, 3.8) is 0 Å². The van der Waals surface area contributed by atoms with E-state index in [2.05, 4.69) is 16.3 Å². The van der Waals surface area contributed by atoms with Gasteiger partial charge in [-0.3, -0.25) is 4.79 Å². The largest absolute Gasteiger partial charge is 0.359 e. The van der Waals surface area contributed by atoms with E-state index in [1.165, 1.54) is 5.56 Å². The van der Waals surface area contributed by atoms with Crippen molar-refractivity contribution in [3.05, 3.63) is 35.4 Å². The van der Waals surface area contributed by atoms with Crippen LogP contribution in [0.2, 0.25) is 0 Å². The topological polar surface area (TPSA) is 58.4 Å². The summed E-state index contributed by atoms with van der Waals surface area (Å²) >= 11 is 0. The molecule has 1 aromatic rings. The van der Waals surface area contributed by atoms with Gasteiger partial charge in [-0.2, -0.15) is 0 Å². The first-order valence-electron chi connectivity index (χ1n) is 6.25. The summed E-state index contributed by atoms with van der Waals surface area (Å²) in [5.74, 6) is 0.0685. The summed E-state index contributed by atoms with van der Waals surface area (Å²) in [6.45, 7) is 4.03. The molecule has 4 heteroatoms. The predicted octanol–water partition coefficient (Wildman–Crippen LogP) is 0.959. The fourth-order valence-corrected chi connectivity index (χ4v) is 2.06. The van der Waals surface area contributed by atoms with Gasteiger partial charge in [-0.1, -0.05) is 31.2 Å². The average Bonchev–Trinajstić information content (AvgIpc) is 2.38. The van der Waals surface area contributed by atoms with Gasteiger partial charge in [-0.15, -0.1) is 0 Å². The zero-order valence-corrected chi connectivity index (χ0v) is 11.4. The number of hydrogen-bond acceptors (Lipinski definition) is 3. The molecule has 0 saturated carbocycles. The minimum atomic E-state index is -0.00922. The molecule has 0 heterocycles. The summed E-state index contributed by atoms with van der Waals surface area (Å²) in [6.07, 6.45) is 0. The quantitative estimate of drug-likeness (QED) is 0.789. The lowest BCUT2D eigenvalue weighted by atomic mass is 10.1. The molecule has 100 valence electrons. The lowest BCUT2D eigenvalue weighted by Gasteiger charge is -2.21. The summed E-state index contributed by atoms with van der Waals surface area (Å²) in [6, 6.07) is 8.15. The van der Waals surface area contributed by atoms with E-state index >= 15 is 0 Å². The van der Waals surface area contributed by atoms with Crippen molar-refractivity contribution >= 4 is 5.91 Å². The number of rotatable bonds is 6. The Balaban J connectivity index is 2.59. The highest BCUT2D eigenvalue weighted by molar-refractivity contribution is 5.78. The molecular weight excluding hydrogens is 226 g/mol. The molecule has 1 aromatic carbocycles. The standard InChI is InChI=1S/C14H23N3O/c1-11(14(18)16-2)9-17(3)10-13-7-5-4-6-12(13)8-15/h4-7,11H,8-10,15H2,1-3H3,(H,16,18). The molecule has 0 aliphatic rings. The third kappa shape index (κ3) is 4.13. The highest BCUT2D eigenvalue weighted by atomic mass is 16.1. The van der Waals surface area contributed by atoms with Crippen molar-refractivity contribution in [2.75, 3.05) is 20.6 Å². The SMILES string of the molecule is CNC(=O)C(C)CN(C)Cc1ccccc1CN. The Hall–Kier alpha value is -1.39. The number of amides is 1. The Morgan fingerprint density at radius 3 is 2.56 bits per heavy atom. The average molecular weight is 249 g/mol. The van der Waals surface area contributed by atoms with E-state index in [1.807, 2.05) is 32.2 Å². The van der Waals surface area contributed by atoms with Crippen molar-refractivity contribution < 1.29 is 4.79 Å². The Kier molecular flexibility index (Phi) is 5.82. The maximum Gasteiger partial charge on any atom is 0.223 e. The minimum Gasteiger partial charge on any atom is -0.359 e. The number of nitrogens with zero attached hydrogens (tertiary/aromatic N) is 1. The Morgan fingerprint density at radius 2 is 2.00 bits per heavy atom. The van der Waals surface area contributed by atoms with Crippen LogP contribution >= 0.6 is 0 Å². The second-order valence-electron chi connectivity index (χ2n) is 4.68. The molecule has 0 bridgehead atoms. The molecule has 0 aromatic heterocycles. The zero-order chi connectivity index (χ0) is 13.5. The number of carbonyl (C=O) groups is 1. The van der Waals surface area contributed by atoms with E-state index in [-0.39, 0.29) is 11.8 Å². The van der Waals surface area contributed by atoms with Gasteiger partial charge in [0, 0.05) is 32.6 Å². The van der Waals surface area contributed by atoms with E-state index in [0.717, 1.165) is 18.7 Å². The second-order valence-corrected chi connectivity index (χ2v) is 4.68. The number of nitrogens with two attached hydrogens (primary N) is 1. The van der Waals surface area contributed by atoms with Gasteiger partial charge in [0.2, 0.25) is 5.91 Å². The van der Waals surface area contributed by atoms with Gasteiger partial charge in [0.25, 0.3) is 0 Å². The number of carbonyl (C=O) groups excluding carboxylic acids is 1. The highest BCUT2D eigenvalue weighted by Crippen LogP contribution is 2.11. The van der Waals surface area contributed by atoms with Gasteiger partial charge in [0.15, 0.2) is 0 Å². The van der Waals surface area contributed by atoms with Crippen molar-refractivity contribution in [2.24, 2.45) is 11.7 Å². The molecule has 18 heavy (non-hydrogen) atoms. The van der Waals surface area contributed by atoms with Crippen LogP contribution in [0.15, 0.2) is 24.3 Å². The monoisotopic (exact) mass is 249 g/mol. The van der Waals surface area contributed by atoms with Crippen molar-refractivity contribution in [3.8, 4) is 0 Å². The van der Waals surface area contributed by atoms with Crippen LogP contribution in [0, 0.1) is 5.92 Å². The number of nitrogens with one attached hydrogen (secondary N) is 1. The summed E-state index contributed by atoms with van der Waals surface area (Å²) in [7, 11) is 3.69. The Bertz CT molecular complexity index is 392. The van der Waals surface area contributed by atoms with Crippen molar-refractivity contribution in [2.45, 2.75) is 20.0 Å². The first-order valence-corrected chi connectivity index (χ1v) is 6.25. The van der Waals surface area contributed by atoms with Crippen LogP contribution in [0.4, 0.5) is 0 Å². The van der Waals surface area contributed by atoms with Gasteiger partial charge in [-0.25, -0.2) is 0 Å². The fourth-order valence-electron chi connectivity index (χ4n) is 2.06. The molecule has 0 aliphatic heterocycles. The normalized spacial score (nSPS) is 12.5. The number of benzene rings is 1. The molecule has 1 unspecified atom stereocenters. The second kappa shape index (κ2) is 7.13. The minimum absolute atomic E-state index is 0.00922. The Labute approximate surface area is 109 Å². The molecule has 4 nitrogen and oxygen atoms in total. The molecule has 0 spiro atoms. The van der Waals surface area contributed by atoms with Crippen LogP contribution in [-0.4, -0.2) is 31.4 Å². The van der Waals surface area contributed by atoms with Crippen LogP contribution in [0.3, 0.4) is 0 Å². The van der Waals surface area contributed by atoms with Crippen LogP contribution in [0.1, 0.15) is 18.1 Å². The van der Waals surface area contributed by atoms with Crippen LogP contribution in [0.5, 0.6) is 0 Å². The maximum absolute atomic E-state index is 11.5. The smallest absolute Gasteiger partial charge is 0.223 e. The van der Waals surface area contributed by atoms with E-state index in [0.29, 0.717) is 6.54 Å². The molecule has 0 aliphatic carbocycles. The third-order valence-corrected chi connectivity index (χ3v) is 3.06. The van der Waals surface area contributed by atoms with E-state index in [4.69, 9.17) is 5.73 Å². The number of hydrogen-bond donors (Lipinski definition) is 2. The maximum atomic E-state index is 11.5. The van der Waals surface area contributed by atoms with Gasteiger partial charge in [0.05, 0.1) is 0 Å². The van der Waals surface area contributed by atoms with Crippen LogP contribution in [-0.2, 0) is 17.9 Å². The van der Waals surface area contributed by atoms with Gasteiger partial charge < -0.3 is 16.0 Å². The third-order valence-electron chi connectivity index (χ3n) is 3.06. The van der Waals surface area contributed by atoms with Crippen molar-refractivity contribution in [1.29, 1.82) is 0 Å². The molecule has 3 N–H and O–H groups in total. The fraction of sp³-hybridized carbons (Fsp3) is 0.500. The predicted molar refractivity (Wildman–Crippen MR) is 73.9 cm³/mol. The molecule has 1 amide bonds. The van der Waals surface area contributed by atoms with Gasteiger partial charge in [0.1, 0.15) is 0 Å². The summed E-state index contributed by atoms with van der Waals surface area (Å²) in [5, 5.41) is 2.67. The molecule has 0 fully saturated rings. The lowest BCUT2D eigenvalue weighted by Crippen LogP contribution is -2.34. The molecule has 0 radical (unpaired) electrons. The van der Waals surface area contributed by atoms with Crippen LogP contribution < -0.4 is 11.1 Å². The van der Waals surface area contributed by atoms with E-state index < -0.39 is 0 Å². The summed E-state index contributed by atoms with van der Waals surface area (Å²) in [5.41, 5.74) is 8.11. The van der Waals surface area contributed by atoms with Crippen LogP contribution in [0.25, 0.3) is 0 Å².